The van der Waals surface area contributed by atoms with Crippen LogP contribution in [0.2, 0.25) is 0 Å². The van der Waals surface area contributed by atoms with Crippen molar-refractivity contribution in [2.45, 2.75) is 71.6 Å². The Morgan fingerprint density at radius 1 is 0.245 bits per heavy atom. The van der Waals surface area contributed by atoms with Crippen LogP contribution in [0.5, 0.6) is 0 Å². The maximum absolute atomic E-state index is 14.5. The van der Waals surface area contributed by atoms with Crippen LogP contribution in [0.1, 0.15) is 9.75 Å². The molecule has 53 heavy (non-hydrogen) atoms. The number of hydrogen-bond acceptors (Lipinski definition) is 3. The molecule has 0 saturated heterocycles. The molecule has 0 nitrogen and oxygen atoms in total. The summed E-state index contributed by atoms with van der Waals surface area (Å²) in [5.74, 6) is -77.4. The van der Waals surface area contributed by atoms with Crippen LogP contribution in [0.4, 0.5) is 114 Å². The maximum atomic E-state index is 14.5. The maximum Gasteiger partial charge on any atom is 0.460 e. The zero-order valence-electron chi connectivity index (χ0n) is 23.5. The Kier molecular flexibility index (Phi) is 10.4. The van der Waals surface area contributed by atoms with Crippen LogP contribution in [0.3, 0.4) is 0 Å². The Balaban J connectivity index is 1.97. The zero-order valence-corrected chi connectivity index (χ0v) is 26.0. The number of halogens is 26. The summed E-state index contributed by atoms with van der Waals surface area (Å²) in [5.41, 5.74) is 0. The molecule has 0 aliphatic heterocycles. The van der Waals surface area contributed by atoms with Gasteiger partial charge in [0.25, 0.3) is 0 Å². The molecule has 0 amide bonds. The van der Waals surface area contributed by atoms with Gasteiger partial charge in [0.05, 0.1) is 9.75 Å². The van der Waals surface area contributed by atoms with Crippen molar-refractivity contribution in [2.75, 3.05) is 0 Å². The molecule has 0 radical (unpaired) electrons. The molecule has 3 rings (SSSR count). The molecule has 0 spiro atoms. The molecule has 0 atom stereocenters. The van der Waals surface area contributed by atoms with Gasteiger partial charge in [0.15, 0.2) is 0 Å². The van der Waals surface area contributed by atoms with Crippen LogP contribution in [0, 0.1) is 0 Å². The summed E-state index contributed by atoms with van der Waals surface area (Å²) in [6, 6.07) is 1.53. The molecule has 0 aliphatic carbocycles. The van der Waals surface area contributed by atoms with Crippen LogP contribution in [0.15, 0.2) is 36.4 Å². The molecule has 0 aromatic carbocycles. The lowest BCUT2D eigenvalue weighted by molar-refractivity contribution is -0.441. The monoisotopic (exact) mass is 884 g/mol. The molecule has 0 fully saturated rings. The molecular weight excluding hydrogens is 878 g/mol. The highest BCUT2D eigenvalue weighted by Gasteiger charge is 2.92. The molecule has 0 aliphatic rings. The van der Waals surface area contributed by atoms with E-state index in [1.54, 1.807) is 0 Å². The van der Waals surface area contributed by atoms with Gasteiger partial charge in [0.2, 0.25) is 0 Å². The van der Waals surface area contributed by atoms with E-state index in [1.807, 2.05) is 0 Å². The summed E-state index contributed by atoms with van der Waals surface area (Å²) in [6.07, 6.45) is -15.3. The first-order valence-electron chi connectivity index (χ1n) is 12.4. The third-order valence-electron chi connectivity index (χ3n) is 6.79. The van der Waals surface area contributed by atoms with Crippen LogP contribution >= 0.6 is 34.0 Å². The van der Waals surface area contributed by atoms with E-state index >= 15 is 0 Å². The van der Waals surface area contributed by atoms with E-state index in [2.05, 4.69) is 0 Å². The Bertz CT molecular complexity index is 1650. The topological polar surface area (TPSA) is 0 Å². The van der Waals surface area contributed by atoms with Gasteiger partial charge in [0, 0.05) is 19.5 Å². The van der Waals surface area contributed by atoms with E-state index in [1.165, 1.54) is 0 Å². The minimum atomic E-state index is -8.20. The van der Waals surface area contributed by atoms with E-state index in [-0.39, 0.29) is 23.5 Å². The smallest absolute Gasteiger partial charge is 0.193 e. The van der Waals surface area contributed by atoms with Gasteiger partial charge >= 0.3 is 71.6 Å². The van der Waals surface area contributed by atoms with Crippen molar-refractivity contribution in [3.8, 4) is 19.5 Å². The lowest BCUT2D eigenvalue weighted by Gasteiger charge is -2.39. The van der Waals surface area contributed by atoms with Gasteiger partial charge in [-0.15, -0.1) is 34.0 Å². The van der Waals surface area contributed by atoms with Gasteiger partial charge in [0.1, 0.15) is 0 Å². The van der Waals surface area contributed by atoms with Crippen molar-refractivity contribution in [3.05, 3.63) is 46.2 Å². The van der Waals surface area contributed by atoms with Gasteiger partial charge in [-0.05, 0) is 36.4 Å². The normalized spacial score (nSPS) is 15.7. The lowest BCUT2D eigenvalue weighted by Crippen LogP contribution is -2.69. The minimum absolute atomic E-state index is 0.105. The Morgan fingerprint density at radius 2 is 0.453 bits per heavy atom. The Labute approximate surface area is 285 Å². The first-order chi connectivity index (χ1) is 23.1. The van der Waals surface area contributed by atoms with Gasteiger partial charge in [-0.1, -0.05) is 0 Å². The predicted molar refractivity (Wildman–Crippen MR) is 130 cm³/mol. The average Bonchev–Trinajstić information content (AvgIpc) is 3.76. The van der Waals surface area contributed by atoms with Crippen molar-refractivity contribution in [1.29, 1.82) is 0 Å². The molecule has 29 heteroatoms. The summed E-state index contributed by atoms with van der Waals surface area (Å²) in [7, 11) is 0. The first kappa shape index (κ1) is 44.7. The van der Waals surface area contributed by atoms with Crippen LogP contribution < -0.4 is 0 Å². The summed E-state index contributed by atoms with van der Waals surface area (Å²) < 4.78 is 350. The predicted octanol–water partition coefficient (Wildman–Crippen LogP) is 13.6. The summed E-state index contributed by atoms with van der Waals surface area (Å²) in [5, 5.41) is 0. The number of hydrogen-bond donors (Lipinski definition) is 0. The Hall–Kier alpha value is -2.72. The second-order valence-electron chi connectivity index (χ2n) is 10.2. The van der Waals surface area contributed by atoms with E-state index in [0.29, 0.717) is 24.3 Å². The van der Waals surface area contributed by atoms with E-state index in [4.69, 9.17) is 0 Å². The average molecular weight is 884 g/mol. The standard InChI is InChI=1S/C24H6F26S3/c25-13(26,15(29,30)17(33,34)19(37,38)21(41,42)23(45,46)47)11-5-3-9(52-11)7-1-2-8(51-7)10-4-6-12(53-10)14(27,28)16(31,32)18(35,36)20(39,40)22(43,44)24(48,49)50/h1-6H. The Morgan fingerprint density at radius 3 is 0.698 bits per heavy atom. The van der Waals surface area contributed by atoms with Crippen LogP contribution in [-0.2, 0) is 11.8 Å². The van der Waals surface area contributed by atoms with Crippen LogP contribution in [-0.4, -0.2) is 59.7 Å². The molecule has 3 aromatic rings. The van der Waals surface area contributed by atoms with E-state index in [9.17, 15) is 114 Å². The number of alkyl halides is 26. The molecular formula is C24H6F26S3. The number of thiophene rings is 3. The van der Waals surface area contributed by atoms with Crippen LogP contribution in [0.25, 0.3) is 19.5 Å². The second-order valence-corrected chi connectivity index (χ2v) is 13.5. The SMILES string of the molecule is FC(F)(F)C(F)(F)C(F)(F)C(F)(F)C(F)(F)C(F)(F)c1ccc(-c2ccc(-c3ccc(C(F)(F)C(F)(F)C(F)(F)C(F)(F)C(F)(F)C(F)(F)F)s3)s2)s1. The highest BCUT2D eigenvalue weighted by Crippen LogP contribution is 2.64. The van der Waals surface area contributed by atoms with E-state index in [0.717, 1.165) is 0 Å². The highest BCUT2D eigenvalue weighted by molar-refractivity contribution is 7.26. The number of rotatable bonds is 12. The quantitative estimate of drug-likeness (QED) is 0.159. The third-order valence-corrected chi connectivity index (χ3v) is 10.6. The van der Waals surface area contributed by atoms with E-state index < -0.39 is 124 Å². The van der Waals surface area contributed by atoms with Crippen molar-refractivity contribution in [2.24, 2.45) is 0 Å². The van der Waals surface area contributed by atoms with Crippen molar-refractivity contribution in [3.63, 3.8) is 0 Å². The van der Waals surface area contributed by atoms with Crippen molar-refractivity contribution in [1.82, 2.24) is 0 Å². The zero-order chi connectivity index (χ0) is 41.8. The molecule has 0 unspecified atom stereocenters. The molecule has 302 valence electrons. The molecule has 0 saturated carbocycles. The molecule has 0 bridgehead atoms. The molecule has 3 heterocycles. The largest absolute Gasteiger partial charge is 0.460 e. The molecule has 0 N–H and O–H groups in total. The fourth-order valence-electron chi connectivity index (χ4n) is 3.73. The summed E-state index contributed by atoms with van der Waals surface area (Å²) in [6.45, 7) is 0. The van der Waals surface area contributed by atoms with Gasteiger partial charge in [-0.3, -0.25) is 0 Å². The van der Waals surface area contributed by atoms with Crippen molar-refractivity contribution >= 4 is 34.0 Å². The third kappa shape index (κ3) is 6.11. The van der Waals surface area contributed by atoms with Gasteiger partial charge in [-0.2, -0.15) is 114 Å². The van der Waals surface area contributed by atoms with Crippen molar-refractivity contribution < 1.29 is 114 Å². The van der Waals surface area contributed by atoms with Gasteiger partial charge < -0.3 is 0 Å². The lowest BCUT2D eigenvalue weighted by atomic mass is 9.93. The fraction of sp³-hybridized carbons (Fsp3) is 0.500. The minimum Gasteiger partial charge on any atom is -0.193 e. The van der Waals surface area contributed by atoms with Gasteiger partial charge in [-0.25, -0.2) is 0 Å². The first-order valence-corrected chi connectivity index (χ1v) is 14.8. The second kappa shape index (κ2) is 12.4. The highest BCUT2D eigenvalue weighted by atomic mass is 32.1. The molecule has 3 aromatic heterocycles. The summed E-state index contributed by atoms with van der Waals surface area (Å²) >= 11 is -1.35. The summed E-state index contributed by atoms with van der Waals surface area (Å²) in [4.78, 5) is -7.47. The fourth-order valence-corrected chi connectivity index (χ4v) is 6.94.